The Morgan fingerprint density at radius 2 is 2.00 bits per heavy atom. The van der Waals surface area contributed by atoms with Gasteiger partial charge in [-0.2, -0.15) is 0 Å². The molecular formula is C22H19NO5. The standard InChI is InChI=1S/C22H19NO5/c1-12-14-9-8-13(24)10-20(14)28-22(27)17(12)11-21(26)23-18-6-2-5-16-15(18)4-3-7-19(16)25/h2,5-6,8-10,24H,3-4,7,11H2,1H3,(H,23,26). The van der Waals surface area contributed by atoms with E-state index in [9.17, 15) is 19.5 Å². The number of benzene rings is 2. The van der Waals surface area contributed by atoms with Crippen LogP contribution in [0.25, 0.3) is 11.0 Å². The van der Waals surface area contributed by atoms with Crippen LogP contribution in [0.4, 0.5) is 5.69 Å². The Balaban J connectivity index is 1.63. The molecule has 6 heteroatoms. The van der Waals surface area contributed by atoms with E-state index in [1.807, 2.05) is 0 Å². The maximum atomic E-state index is 12.6. The Kier molecular flexibility index (Phi) is 4.47. The van der Waals surface area contributed by atoms with E-state index >= 15 is 0 Å². The SMILES string of the molecule is Cc1c(CC(=O)Nc2cccc3c2CCCC3=O)c(=O)oc2cc(O)ccc12. The Hall–Kier alpha value is -3.41. The highest BCUT2D eigenvalue weighted by atomic mass is 16.4. The van der Waals surface area contributed by atoms with Gasteiger partial charge in [0.25, 0.3) is 0 Å². The first-order valence-electron chi connectivity index (χ1n) is 9.14. The van der Waals surface area contributed by atoms with Gasteiger partial charge in [0.05, 0.1) is 12.0 Å². The molecule has 1 aliphatic rings. The molecule has 1 amide bonds. The summed E-state index contributed by atoms with van der Waals surface area (Å²) in [5, 5.41) is 13.1. The minimum atomic E-state index is -0.601. The summed E-state index contributed by atoms with van der Waals surface area (Å²) in [6, 6.07) is 9.84. The summed E-state index contributed by atoms with van der Waals surface area (Å²) in [5.41, 5.74) is 2.72. The number of amides is 1. The van der Waals surface area contributed by atoms with Gasteiger partial charge in [-0.25, -0.2) is 4.79 Å². The zero-order chi connectivity index (χ0) is 19.8. The third-order valence-electron chi connectivity index (χ3n) is 5.19. The normalized spacial score (nSPS) is 13.4. The van der Waals surface area contributed by atoms with Crippen LogP contribution in [0.5, 0.6) is 5.75 Å². The highest BCUT2D eigenvalue weighted by Gasteiger charge is 2.21. The second kappa shape index (κ2) is 6.96. The lowest BCUT2D eigenvalue weighted by atomic mass is 9.89. The number of fused-ring (bicyclic) bond motifs is 2. The summed E-state index contributed by atoms with van der Waals surface area (Å²) >= 11 is 0. The Bertz CT molecular complexity index is 1180. The average Bonchev–Trinajstić information content (AvgIpc) is 2.66. The van der Waals surface area contributed by atoms with Gasteiger partial charge in [-0.05, 0) is 49.1 Å². The van der Waals surface area contributed by atoms with Crippen molar-refractivity contribution in [3.8, 4) is 5.75 Å². The number of ketones is 1. The number of Topliss-reactive ketones (excluding diaryl/α,β-unsaturated/α-hetero) is 1. The minimum Gasteiger partial charge on any atom is -0.508 e. The van der Waals surface area contributed by atoms with Crippen molar-refractivity contribution in [1.82, 2.24) is 0 Å². The number of rotatable bonds is 3. The van der Waals surface area contributed by atoms with E-state index < -0.39 is 5.63 Å². The minimum absolute atomic E-state index is 0.00365. The second-order valence-corrected chi connectivity index (χ2v) is 7.01. The molecule has 0 fully saturated rings. The number of carbonyl (C=O) groups excluding carboxylic acids is 2. The average molecular weight is 377 g/mol. The van der Waals surface area contributed by atoms with E-state index in [0.29, 0.717) is 28.6 Å². The maximum absolute atomic E-state index is 12.6. The smallest absolute Gasteiger partial charge is 0.340 e. The molecule has 1 aromatic heterocycles. The first-order chi connectivity index (χ1) is 13.4. The first kappa shape index (κ1) is 18.0. The second-order valence-electron chi connectivity index (χ2n) is 7.01. The van der Waals surface area contributed by atoms with Crippen LogP contribution < -0.4 is 10.9 Å². The van der Waals surface area contributed by atoms with Crippen LogP contribution in [-0.4, -0.2) is 16.8 Å². The van der Waals surface area contributed by atoms with Crippen LogP contribution in [-0.2, 0) is 17.6 Å². The lowest BCUT2D eigenvalue weighted by Crippen LogP contribution is -2.22. The number of hydrogen-bond donors (Lipinski definition) is 2. The number of carbonyl (C=O) groups is 2. The van der Waals surface area contributed by atoms with Gasteiger partial charge in [0.1, 0.15) is 11.3 Å². The third-order valence-corrected chi connectivity index (χ3v) is 5.19. The number of hydrogen-bond acceptors (Lipinski definition) is 5. The predicted octanol–water partition coefficient (Wildman–Crippen LogP) is 3.51. The first-order valence-corrected chi connectivity index (χ1v) is 9.14. The number of phenolic OH excluding ortho intramolecular Hbond substituents is 1. The molecule has 28 heavy (non-hydrogen) atoms. The Morgan fingerprint density at radius 3 is 2.82 bits per heavy atom. The lowest BCUT2D eigenvalue weighted by Gasteiger charge is -2.18. The molecule has 0 saturated heterocycles. The van der Waals surface area contributed by atoms with Gasteiger partial charge in [0.15, 0.2) is 5.78 Å². The molecule has 6 nitrogen and oxygen atoms in total. The number of aryl methyl sites for hydroxylation is 1. The summed E-state index contributed by atoms with van der Waals surface area (Å²) in [5.74, 6) is -0.254. The molecular weight excluding hydrogens is 358 g/mol. The molecule has 0 aliphatic heterocycles. The Labute approximate surface area is 160 Å². The number of nitrogens with one attached hydrogen (secondary N) is 1. The molecule has 3 aromatic rings. The fourth-order valence-electron chi connectivity index (χ4n) is 3.74. The van der Waals surface area contributed by atoms with Gasteiger partial charge in [-0.1, -0.05) is 12.1 Å². The molecule has 2 aromatic carbocycles. The van der Waals surface area contributed by atoms with E-state index in [2.05, 4.69) is 5.32 Å². The van der Waals surface area contributed by atoms with Gasteiger partial charge < -0.3 is 14.8 Å². The molecule has 4 rings (SSSR count). The molecule has 0 bridgehead atoms. The zero-order valence-electron chi connectivity index (χ0n) is 15.4. The van der Waals surface area contributed by atoms with Gasteiger partial charge in [0, 0.05) is 29.1 Å². The van der Waals surface area contributed by atoms with Crippen LogP contribution in [0.1, 0.15) is 39.9 Å². The molecule has 0 spiro atoms. The van der Waals surface area contributed by atoms with E-state index in [0.717, 1.165) is 18.4 Å². The molecule has 2 N–H and O–H groups in total. The summed E-state index contributed by atoms with van der Waals surface area (Å²) in [6.45, 7) is 1.75. The molecule has 0 atom stereocenters. The predicted molar refractivity (Wildman–Crippen MR) is 105 cm³/mol. The summed E-state index contributed by atoms with van der Waals surface area (Å²) < 4.78 is 5.27. The summed E-state index contributed by atoms with van der Waals surface area (Å²) in [4.78, 5) is 37.1. The van der Waals surface area contributed by atoms with Gasteiger partial charge in [0.2, 0.25) is 5.91 Å². The molecule has 0 unspecified atom stereocenters. The van der Waals surface area contributed by atoms with E-state index in [1.165, 1.54) is 12.1 Å². The molecule has 1 aliphatic carbocycles. The topological polar surface area (TPSA) is 96.6 Å². The maximum Gasteiger partial charge on any atom is 0.340 e. The summed E-state index contributed by atoms with van der Waals surface area (Å²) in [6.07, 6.45) is 1.89. The number of anilines is 1. The van der Waals surface area contributed by atoms with E-state index in [-0.39, 0.29) is 35.0 Å². The van der Waals surface area contributed by atoms with Crippen LogP contribution in [0, 0.1) is 6.92 Å². The number of phenols is 1. The lowest BCUT2D eigenvalue weighted by molar-refractivity contribution is -0.115. The number of aromatic hydroxyl groups is 1. The molecule has 0 saturated carbocycles. The van der Waals surface area contributed by atoms with Crippen molar-refractivity contribution in [1.29, 1.82) is 0 Å². The monoisotopic (exact) mass is 377 g/mol. The zero-order valence-corrected chi connectivity index (χ0v) is 15.4. The largest absolute Gasteiger partial charge is 0.508 e. The van der Waals surface area contributed by atoms with Gasteiger partial charge in [-0.15, -0.1) is 0 Å². The Morgan fingerprint density at radius 1 is 1.18 bits per heavy atom. The van der Waals surface area contributed by atoms with Crippen molar-refractivity contribution in [2.75, 3.05) is 5.32 Å². The quantitative estimate of drug-likeness (QED) is 0.681. The molecule has 142 valence electrons. The van der Waals surface area contributed by atoms with Gasteiger partial charge >= 0.3 is 5.63 Å². The van der Waals surface area contributed by atoms with Gasteiger partial charge in [-0.3, -0.25) is 9.59 Å². The van der Waals surface area contributed by atoms with E-state index in [1.54, 1.807) is 31.2 Å². The van der Waals surface area contributed by atoms with Crippen LogP contribution in [0.3, 0.4) is 0 Å². The van der Waals surface area contributed by atoms with Crippen LogP contribution >= 0.6 is 0 Å². The van der Waals surface area contributed by atoms with Crippen molar-refractivity contribution in [2.45, 2.75) is 32.6 Å². The summed E-state index contributed by atoms with van der Waals surface area (Å²) in [7, 11) is 0. The third kappa shape index (κ3) is 3.17. The van der Waals surface area contributed by atoms with Crippen molar-refractivity contribution in [2.24, 2.45) is 0 Å². The van der Waals surface area contributed by atoms with Crippen molar-refractivity contribution < 1.29 is 19.1 Å². The van der Waals surface area contributed by atoms with Crippen molar-refractivity contribution in [3.63, 3.8) is 0 Å². The van der Waals surface area contributed by atoms with Crippen LogP contribution in [0.15, 0.2) is 45.6 Å². The highest BCUT2D eigenvalue weighted by molar-refractivity contribution is 6.02. The van der Waals surface area contributed by atoms with E-state index in [4.69, 9.17) is 4.42 Å². The highest BCUT2D eigenvalue weighted by Crippen LogP contribution is 2.28. The molecule has 1 heterocycles. The fraction of sp³-hybridized carbons (Fsp3) is 0.227. The van der Waals surface area contributed by atoms with Crippen LogP contribution in [0.2, 0.25) is 0 Å². The fourth-order valence-corrected chi connectivity index (χ4v) is 3.74. The molecule has 0 radical (unpaired) electrons. The van der Waals surface area contributed by atoms with Crippen molar-refractivity contribution in [3.05, 3.63) is 69.1 Å². The van der Waals surface area contributed by atoms with Crippen molar-refractivity contribution >= 4 is 28.3 Å².